The molecular weight excluding hydrogens is 782 g/mol. The average Bonchev–Trinajstić information content (AvgIpc) is 3.26. The van der Waals surface area contributed by atoms with Gasteiger partial charge in [0.2, 0.25) is 0 Å². The third kappa shape index (κ3) is 13.4. The summed E-state index contributed by atoms with van der Waals surface area (Å²) in [5.41, 5.74) is 3.74. The van der Waals surface area contributed by atoms with Gasteiger partial charge in [0.1, 0.15) is 34.5 Å². The van der Waals surface area contributed by atoms with Crippen molar-refractivity contribution in [3.8, 4) is 51.7 Å². The van der Waals surface area contributed by atoms with Gasteiger partial charge in [-0.25, -0.2) is 0 Å². The van der Waals surface area contributed by atoms with Gasteiger partial charge >= 0.3 is 17.1 Å². The Morgan fingerprint density at radius 2 is 0.586 bits per heavy atom. The number of para-hydroxylation sites is 3. The van der Waals surface area contributed by atoms with Crippen LogP contribution in [0.15, 0.2) is 142 Å². The van der Waals surface area contributed by atoms with Crippen LogP contribution in [0.2, 0.25) is 0 Å². The van der Waals surface area contributed by atoms with Gasteiger partial charge < -0.3 is 43.7 Å². The summed E-state index contributed by atoms with van der Waals surface area (Å²) in [4.78, 5) is 12.8. The number of aliphatic imine (C=N–C) groups is 3. The molecule has 6 aromatic rings. The quantitative estimate of drug-likeness (QED) is 0.0895. The third-order valence-electron chi connectivity index (χ3n) is 7.96. The van der Waals surface area contributed by atoms with Crippen LogP contribution in [0.5, 0.6) is 51.7 Å². The van der Waals surface area contributed by atoms with Crippen molar-refractivity contribution in [3.05, 3.63) is 144 Å². The van der Waals surface area contributed by atoms with Crippen LogP contribution in [-0.4, -0.2) is 61.3 Å². The molecule has 0 fully saturated rings. The van der Waals surface area contributed by atoms with Gasteiger partial charge in [-0.15, -0.1) is 0 Å². The first-order chi connectivity index (χ1) is 27.7. The second-order valence-electron chi connectivity index (χ2n) is 11.5. The maximum absolute atomic E-state index is 11.9. The maximum Gasteiger partial charge on any atom is 3.00 e. The van der Waals surface area contributed by atoms with Gasteiger partial charge in [-0.1, -0.05) is 53.6 Å². The zero-order valence-electron chi connectivity index (χ0n) is 32.7. The van der Waals surface area contributed by atoms with Crippen LogP contribution in [0.4, 0.5) is 17.1 Å². The molecule has 6 rings (SSSR count). The number of rotatable bonds is 12. The summed E-state index contributed by atoms with van der Waals surface area (Å²) in [5, 5.41) is 35.7. The van der Waals surface area contributed by atoms with Crippen molar-refractivity contribution in [2.45, 2.75) is 0 Å². The summed E-state index contributed by atoms with van der Waals surface area (Å²) in [5.74, 6) is 2.77. The van der Waals surface area contributed by atoms with Gasteiger partial charge in [0.25, 0.3) is 0 Å². The molecule has 0 unspecified atom stereocenters. The van der Waals surface area contributed by atoms with Crippen LogP contribution in [0, 0.1) is 0 Å². The van der Waals surface area contributed by atoms with E-state index in [2.05, 4.69) is 15.0 Å². The largest absolute Gasteiger partial charge is 3.00 e. The van der Waals surface area contributed by atoms with E-state index in [0.29, 0.717) is 33.9 Å². The zero-order valence-corrected chi connectivity index (χ0v) is 33.8. The fourth-order valence-electron chi connectivity index (χ4n) is 4.82. The fourth-order valence-corrected chi connectivity index (χ4v) is 4.82. The topological polar surface area (TPSA) is 162 Å². The molecule has 12 nitrogen and oxygen atoms in total. The average molecular weight is 825 g/mol. The van der Waals surface area contributed by atoms with E-state index in [1.165, 1.54) is 40.0 Å². The molecule has 58 heavy (non-hydrogen) atoms. The molecule has 0 amide bonds. The van der Waals surface area contributed by atoms with E-state index >= 15 is 0 Å². The number of methoxy groups -OCH3 is 6. The van der Waals surface area contributed by atoms with E-state index < -0.39 is 0 Å². The standard InChI is InChI=1S/3C15H15NO3.Fe/c3*1-18-13-8-6-12(7-9-13)16-10-11-4-3-5-14(19-2)15(11)17;/h3*3-10,17H,1-2H3;/q;;;+3/p-3. The van der Waals surface area contributed by atoms with E-state index in [9.17, 15) is 15.3 Å². The van der Waals surface area contributed by atoms with Crippen LogP contribution in [0.25, 0.3) is 0 Å². The Morgan fingerprint density at radius 1 is 0.345 bits per heavy atom. The van der Waals surface area contributed by atoms with Gasteiger partial charge in [-0.3, -0.25) is 15.0 Å². The van der Waals surface area contributed by atoms with Crippen LogP contribution >= 0.6 is 0 Å². The molecule has 6 aromatic carbocycles. The number of hydrogen-bond donors (Lipinski definition) is 0. The van der Waals surface area contributed by atoms with Crippen molar-refractivity contribution in [2.24, 2.45) is 15.0 Å². The van der Waals surface area contributed by atoms with Crippen LogP contribution in [0.1, 0.15) is 16.7 Å². The normalized spacial score (nSPS) is 10.4. The van der Waals surface area contributed by atoms with Crippen molar-refractivity contribution in [1.82, 2.24) is 0 Å². The summed E-state index contributed by atoms with van der Waals surface area (Å²) in [6, 6.07) is 37.1. The zero-order chi connectivity index (χ0) is 41.0. The molecule has 0 atom stereocenters. The van der Waals surface area contributed by atoms with Crippen LogP contribution < -0.4 is 43.7 Å². The molecular formula is C45H42FeN3O9. The van der Waals surface area contributed by atoms with Gasteiger partial charge in [0.05, 0.1) is 59.7 Å². The summed E-state index contributed by atoms with van der Waals surface area (Å²) < 4.78 is 30.1. The number of benzene rings is 6. The number of ether oxygens (including phenoxy) is 6. The molecule has 0 saturated heterocycles. The number of nitrogens with zero attached hydrogens (tertiary/aromatic N) is 3. The minimum Gasteiger partial charge on any atom is -0.870 e. The summed E-state index contributed by atoms with van der Waals surface area (Å²) in [6.45, 7) is 0. The van der Waals surface area contributed by atoms with Crippen LogP contribution in [-0.2, 0) is 17.1 Å². The molecule has 0 aliphatic carbocycles. The van der Waals surface area contributed by atoms with Crippen LogP contribution in [0.3, 0.4) is 0 Å². The molecule has 0 aromatic heterocycles. The predicted octanol–water partition coefficient (Wildman–Crippen LogP) is 7.58. The SMILES string of the molecule is COc1ccc(N=Cc2cccc(OC)c2[O-])cc1.COc1ccc(N=Cc2cccc(OC)c2[O-])cc1.COc1ccc(N=Cc2cccc(OC)c2[O-])cc1.[Fe+3]. The Labute approximate surface area is 348 Å². The van der Waals surface area contributed by atoms with Crippen molar-refractivity contribution in [3.63, 3.8) is 0 Å². The number of hydrogen-bond acceptors (Lipinski definition) is 12. The Bertz CT molecular complexity index is 1990. The van der Waals surface area contributed by atoms with Crippen molar-refractivity contribution >= 4 is 35.7 Å². The van der Waals surface area contributed by atoms with Crippen molar-refractivity contribution < 1.29 is 60.8 Å². The first kappa shape index (κ1) is 45.4. The first-order valence-corrected chi connectivity index (χ1v) is 17.3. The fraction of sp³-hybridized carbons (Fsp3) is 0.133. The Balaban J connectivity index is 0.000000231. The smallest absolute Gasteiger partial charge is 0.870 e. The Morgan fingerprint density at radius 3 is 0.793 bits per heavy atom. The van der Waals surface area contributed by atoms with Gasteiger partial charge in [0.15, 0.2) is 0 Å². The summed E-state index contributed by atoms with van der Waals surface area (Å²) in [7, 11) is 9.25. The molecule has 13 heteroatoms. The summed E-state index contributed by atoms with van der Waals surface area (Å²) >= 11 is 0. The first-order valence-electron chi connectivity index (χ1n) is 17.3. The molecule has 299 valence electrons. The maximum atomic E-state index is 11.9. The molecule has 0 spiro atoms. The molecule has 0 aliphatic rings. The van der Waals surface area contributed by atoms with E-state index in [4.69, 9.17) is 28.4 Å². The Hall–Kier alpha value is -6.95. The second kappa shape index (κ2) is 23.9. The molecule has 0 aliphatic heterocycles. The Kier molecular flexibility index (Phi) is 18.7. The van der Waals surface area contributed by atoms with Crippen molar-refractivity contribution in [1.29, 1.82) is 0 Å². The monoisotopic (exact) mass is 824 g/mol. The van der Waals surface area contributed by atoms with Crippen molar-refractivity contribution in [2.75, 3.05) is 42.7 Å². The molecule has 0 bridgehead atoms. The molecule has 0 N–H and O–H groups in total. The van der Waals surface area contributed by atoms with Gasteiger partial charge in [0, 0.05) is 18.6 Å². The molecule has 0 saturated carbocycles. The van der Waals surface area contributed by atoms with E-state index in [0.717, 1.165) is 34.3 Å². The minimum absolute atomic E-state index is 0. The van der Waals surface area contributed by atoms with E-state index in [1.807, 2.05) is 72.8 Å². The molecule has 0 heterocycles. The van der Waals surface area contributed by atoms with Gasteiger partial charge in [-0.05, 0) is 108 Å². The van der Waals surface area contributed by atoms with Gasteiger partial charge in [-0.2, -0.15) is 0 Å². The second-order valence-corrected chi connectivity index (χ2v) is 11.5. The predicted molar refractivity (Wildman–Crippen MR) is 218 cm³/mol. The summed E-state index contributed by atoms with van der Waals surface area (Å²) in [6.07, 6.45) is 4.60. The van der Waals surface area contributed by atoms with E-state index in [1.54, 1.807) is 75.9 Å². The third-order valence-corrected chi connectivity index (χ3v) is 7.96. The van der Waals surface area contributed by atoms with E-state index in [-0.39, 0.29) is 34.3 Å². The molecule has 1 radical (unpaired) electrons. The minimum atomic E-state index is -0.165.